The lowest BCUT2D eigenvalue weighted by Crippen LogP contribution is -2.48. The van der Waals surface area contributed by atoms with Crippen molar-refractivity contribution in [3.8, 4) is 0 Å². The highest BCUT2D eigenvalue weighted by molar-refractivity contribution is 5.66. The van der Waals surface area contributed by atoms with E-state index in [2.05, 4.69) is 13.8 Å². The summed E-state index contributed by atoms with van der Waals surface area (Å²) in [5.41, 5.74) is 0. The molecule has 1 aliphatic carbocycles. The molecule has 2 fully saturated rings. The lowest BCUT2D eigenvalue weighted by molar-refractivity contribution is -0.183. The van der Waals surface area contributed by atoms with Crippen molar-refractivity contribution in [2.45, 2.75) is 77.6 Å². The second kappa shape index (κ2) is 6.05. The minimum absolute atomic E-state index is 0.0882. The fourth-order valence-electron chi connectivity index (χ4n) is 3.53. The lowest BCUT2D eigenvalue weighted by atomic mass is 9.74. The van der Waals surface area contributed by atoms with Crippen LogP contribution in [-0.4, -0.2) is 24.3 Å². The number of carbonyl (C=O) groups excluding carboxylic acids is 1. The molecule has 0 radical (unpaired) electrons. The van der Waals surface area contributed by atoms with Crippen molar-refractivity contribution in [1.82, 2.24) is 0 Å². The summed E-state index contributed by atoms with van der Waals surface area (Å²) in [7, 11) is 0. The predicted molar refractivity (Wildman–Crippen MR) is 70.2 cm³/mol. The van der Waals surface area contributed by atoms with Gasteiger partial charge in [-0.25, -0.2) is 0 Å². The monoisotopic (exact) mass is 254 g/mol. The Labute approximate surface area is 110 Å². The number of hydrogen-bond acceptors (Lipinski definition) is 3. The highest BCUT2D eigenvalue weighted by atomic mass is 16.6. The molecule has 104 valence electrons. The fraction of sp³-hybridized carbons (Fsp3) is 0.933. The van der Waals surface area contributed by atoms with Crippen LogP contribution in [0.5, 0.6) is 0 Å². The summed E-state index contributed by atoms with van der Waals surface area (Å²) < 4.78 is 11.8. The first-order valence-electron chi connectivity index (χ1n) is 7.42. The second-order valence-corrected chi connectivity index (χ2v) is 6.05. The molecule has 3 unspecified atom stereocenters. The summed E-state index contributed by atoms with van der Waals surface area (Å²) >= 11 is 0. The summed E-state index contributed by atoms with van der Waals surface area (Å²) in [6, 6.07) is 0. The maximum atomic E-state index is 11.3. The van der Waals surface area contributed by atoms with E-state index < -0.39 is 0 Å². The zero-order chi connectivity index (χ0) is 13.1. The molecule has 3 heteroatoms. The Morgan fingerprint density at radius 1 is 1.33 bits per heavy atom. The van der Waals surface area contributed by atoms with Crippen molar-refractivity contribution in [2.24, 2.45) is 11.8 Å². The minimum Gasteiger partial charge on any atom is -0.462 e. The van der Waals surface area contributed by atoms with E-state index in [4.69, 9.17) is 9.47 Å². The molecule has 1 aliphatic heterocycles. The summed E-state index contributed by atoms with van der Waals surface area (Å²) in [5.74, 6) is 1.03. The molecule has 0 amide bonds. The van der Waals surface area contributed by atoms with Gasteiger partial charge in [-0.15, -0.1) is 0 Å². The Morgan fingerprint density at radius 3 is 2.78 bits per heavy atom. The number of esters is 1. The zero-order valence-electron chi connectivity index (χ0n) is 11.9. The molecule has 0 N–H and O–H groups in total. The van der Waals surface area contributed by atoms with Gasteiger partial charge in [0, 0.05) is 19.3 Å². The van der Waals surface area contributed by atoms with E-state index in [0.717, 1.165) is 38.0 Å². The lowest BCUT2D eigenvalue weighted by Gasteiger charge is -2.45. The summed E-state index contributed by atoms with van der Waals surface area (Å²) in [5, 5.41) is 0. The topological polar surface area (TPSA) is 35.5 Å². The predicted octanol–water partition coefficient (Wildman–Crippen LogP) is 3.31. The van der Waals surface area contributed by atoms with Gasteiger partial charge in [0.1, 0.15) is 6.10 Å². The van der Waals surface area contributed by atoms with E-state index in [0.29, 0.717) is 12.0 Å². The van der Waals surface area contributed by atoms with E-state index in [1.54, 1.807) is 0 Å². The molecule has 2 rings (SSSR count). The quantitative estimate of drug-likeness (QED) is 0.725. The second-order valence-electron chi connectivity index (χ2n) is 6.05. The summed E-state index contributed by atoms with van der Waals surface area (Å²) in [4.78, 5) is 11.3. The highest BCUT2D eigenvalue weighted by Gasteiger charge is 2.42. The van der Waals surface area contributed by atoms with Crippen LogP contribution < -0.4 is 0 Å². The first-order valence-corrected chi connectivity index (χ1v) is 7.42. The number of carbonyl (C=O) groups is 1. The molecule has 1 saturated carbocycles. The van der Waals surface area contributed by atoms with Crippen LogP contribution in [0.4, 0.5) is 0 Å². The highest BCUT2D eigenvalue weighted by Crippen LogP contribution is 2.40. The molecule has 0 bridgehead atoms. The molecule has 1 saturated heterocycles. The Morgan fingerprint density at radius 2 is 2.11 bits per heavy atom. The third kappa shape index (κ3) is 3.25. The molecule has 0 aromatic heterocycles. The number of rotatable bonds is 3. The van der Waals surface area contributed by atoms with Gasteiger partial charge in [0.05, 0.1) is 12.2 Å². The normalized spacial score (nSPS) is 40.1. The van der Waals surface area contributed by atoms with E-state index in [1.165, 1.54) is 13.3 Å². The number of fused-ring (bicyclic) bond motifs is 1. The van der Waals surface area contributed by atoms with Crippen LogP contribution in [0.15, 0.2) is 0 Å². The first-order chi connectivity index (χ1) is 8.60. The SMILES string of the molecule is CCCC1CC(OC(C)=O)C2CC[C@@H](C)C[C@H]2O1. The standard InChI is InChI=1S/C15H26O3/c1-4-5-12-9-15(17-11(3)16)13-7-6-10(2)8-14(13)18-12/h10,12-15H,4-9H2,1-3H3/t10-,12?,13?,14-,15?/m1/s1. The molecule has 18 heavy (non-hydrogen) atoms. The van der Waals surface area contributed by atoms with Gasteiger partial charge in [-0.3, -0.25) is 4.79 Å². The molecular formula is C15H26O3. The molecule has 3 nitrogen and oxygen atoms in total. The Kier molecular flexibility index (Phi) is 4.66. The summed E-state index contributed by atoms with van der Waals surface area (Å²) in [6.45, 7) is 5.99. The van der Waals surface area contributed by atoms with Crippen LogP contribution in [0.3, 0.4) is 0 Å². The fourth-order valence-corrected chi connectivity index (χ4v) is 3.53. The van der Waals surface area contributed by atoms with Crippen LogP contribution in [0.2, 0.25) is 0 Å². The Balaban J connectivity index is 2.04. The van der Waals surface area contributed by atoms with Crippen molar-refractivity contribution >= 4 is 5.97 Å². The minimum atomic E-state index is -0.144. The van der Waals surface area contributed by atoms with Crippen molar-refractivity contribution < 1.29 is 14.3 Å². The van der Waals surface area contributed by atoms with Crippen LogP contribution in [0.25, 0.3) is 0 Å². The van der Waals surface area contributed by atoms with E-state index >= 15 is 0 Å². The molecule has 1 heterocycles. The van der Waals surface area contributed by atoms with Crippen molar-refractivity contribution in [2.75, 3.05) is 0 Å². The molecule has 0 aromatic carbocycles. The molecule has 0 spiro atoms. The van der Waals surface area contributed by atoms with Gasteiger partial charge in [-0.05, 0) is 25.2 Å². The maximum absolute atomic E-state index is 11.3. The van der Waals surface area contributed by atoms with Gasteiger partial charge in [0.15, 0.2) is 0 Å². The van der Waals surface area contributed by atoms with Gasteiger partial charge in [-0.1, -0.05) is 26.7 Å². The smallest absolute Gasteiger partial charge is 0.302 e. The number of ether oxygens (including phenoxy) is 2. The molecule has 0 aromatic rings. The van der Waals surface area contributed by atoms with E-state index in [9.17, 15) is 4.79 Å². The zero-order valence-corrected chi connectivity index (χ0v) is 11.9. The van der Waals surface area contributed by atoms with E-state index in [-0.39, 0.29) is 18.2 Å². The Hall–Kier alpha value is -0.570. The molecular weight excluding hydrogens is 228 g/mol. The average Bonchev–Trinajstić information content (AvgIpc) is 2.27. The van der Waals surface area contributed by atoms with Gasteiger partial charge >= 0.3 is 5.97 Å². The van der Waals surface area contributed by atoms with Crippen LogP contribution in [0, 0.1) is 11.8 Å². The third-order valence-electron chi connectivity index (χ3n) is 4.37. The van der Waals surface area contributed by atoms with Crippen molar-refractivity contribution in [3.63, 3.8) is 0 Å². The Bertz CT molecular complexity index is 289. The van der Waals surface area contributed by atoms with Gasteiger partial charge < -0.3 is 9.47 Å². The number of hydrogen-bond donors (Lipinski definition) is 0. The van der Waals surface area contributed by atoms with E-state index in [1.807, 2.05) is 0 Å². The van der Waals surface area contributed by atoms with Crippen LogP contribution in [0.1, 0.15) is 59.3 Å². The third-order valence-corrected chi connectivity index (χ3v) is 4.37. The molecule has 5 atom stereocenters. The van der Waals surface area contributed by atoms with Crippen LogP contribution >= 0.6 is 0 Å². The largest absolute Gasteiger partial charge is 0.462 e. The van der Waals surface area contributed by atoms with Crippen molar-refractivity contribution in [1.29, 1.82) is 0 Å². The average molecular weight is 254 g/mol. The first kappa shape index (κ1) is 13.9. The summed E-state index contributed by atoms with van der Waals surface area (Å²) in [6.07, 6.45) is 7.29. The van der Waals surface area contributed by atoms with Gasteiger partial charge in [0.2, 0.25) is 0 Å². The van der Waals surface area contributed by atoms with Gasteiger partial charge in [0.25, 0.3) is 0 Å². The van der Waals surface area contributed by atoms with Crippen molar-refractivity contribution in [3.05, 3.63) is 0 Å². The van der Waals surface area contributed by atoms with Gasteiger partial charge in [-0.2, -0.15) is 0 Å². The van der Waals surface area contributed by atoms with Crippen LogP contribution in [-0.2, 0) is 14.3 Å². The molecule has 2 aliphatic rings. The maximum Gasteiger partial charge on any atom is 0.302 e.